The lowest BCUT2D eigenvalue weighted by atomic mass is 10.1. The van der Waals surface area contributed by atoms with Gasteiger partial charge in [0, 0.05) is 6.54 Å². The smallest absolute Gasteiger partial charge is 0.326 e. The summed E-state index contributed by atoms with van der Waals surface area (Å²) in [6.07, 6.45) is -2.72. The summed E-state index contributed by atoms with van der Waals surface area (Å²) < 4.78 is 0. The van der Waals surface area contributed by atoms with Crippen molar-refractivity contribution in [3.63, 3.8) is 0 Å². The normalized spacial score (nSPS) is 13.4. The third-order valence-electron chi connectivity index (χ3n) is 6.13. The van der Waals surface area contributed by atoms with Gasteiger partial charge in [0.25, 0.3) is 0 Å². The minimum Gasteiger partial charge on any atom is -0.481 e. The number of amides is 4. The Morgan fingerprint density at radius 1 is 0.667 bits per heavy atom. The zero-order valence-electron chi connectivity index (χ0n) is 25.5. The number of hydrogen-bond acceptors (Lipinski definition) is 11. The van der Waals surface area contributed by atoms with Crippen LogP contribution >= 0.6 is 0 Å². The highest BCUT2D eigenvalue weighted by molar-refractivity contribution is 5.98. The molecule has 0 aliphatic rings. The van der Waals surface area contributed by atoms with Crippen LogP contribution in [0.3, 0.4) is 0 Å². The quantitative estimate of drug-likeness (QED) is 0.00826. The Morgan fingerprint density at radius 2 is 1.12 bits per heavy atom. The molecule has 15 N–H and O–H groups in total. The molecular formula is C24H40N12O12. The first kappa shape index (κ1) is 42.1. The summed E-state index contributed by atoms with van der Waals surface area (Å²) in [6, 6.07) is -8.54. The maximum atomic E-state index is 13.1. The molecule has 0 aromatic carbocycles. The molecule has 0 saturated heterocycles. The van der Waals surface area contributed by atoms with E-state index in [1.165, 1.54) is 0 Å². The molecule has 0 spiro atoms. The van der Waals surface area contributed by atoms with Gasteiger partial charge >= 0.3 is 23.9 Å². The van der Waals surface area contributed by atoms with Crippen molar-refractivity contribution >= 4 is 53.5 Å². The molecule has 0 saturated carbocycles. The zero-order valence-corrected chi connectivity index (χ0v) is 25.5. The molecule has 24 heteroatoms. The van der Waals surface area contributed by atoms with Crippen molar-refractivity contribution in [1.29, 1.82) is 5.41 Å². The van der Waals surface area contributed by atoms with E-state index in [4.69, 9.17) is 27.5 Å². The van der Waals surface area contributed by atoms with Crippen LogP contribution in [0.25, 0.3) is 10.4 Å². The minimum absolute atomic E-state index is 0.0329. The Hall–Kier alpha value is -5.90. The fourth-order valence-electron chi connectivity index (χ4n) is 3.83. The summed E-state index contributed by atoms with van der Waals surface area (Å²) in [5, 5.41) is 58.1. The minimum atomic E-state index is -1.96. The first-order valence-electron chi connectivity index (χ1n) is 14.2. The number of guanidine groups is 1. The fraction of sp³-hybridized carbons (Fsp3) is 0.625. The van der Waals surface area contributed by atoms with Crippen molar-refractivity contribution < 1.29 is 58.8 Å². The molecule has 4 amide bonds. The van der Waals surface area contributed by atoms with E-state index in [2.05, 4.69) is 36.8 Å². The SMILES string of the molecule is [N-]=[N+]=NNCCCC[C@H](NC(=O)[C@H](CC(=O)O)NC(=O)[C@H](CC(=O)O)NC(=O)[C@H](CCCNC(=N)N)NC(=O)[C@@H](N)CC(=O)O)C(=O)O. The number of carboxylic acid groups (broad SMARTS) is 4. The van der Waals surface area contributed by atoms with Crippen LogP contribution in [0.2, 0.25) is 0 Å². The van der Waals surface area contributed by atoms with E-state index >= 15 is 0 Å². The number of azide groups is 1. The molecule has 0 fully saturated rings. The highest BCUT2D eigenvalue weighted by Gasteiger charge is 2.33. The molecule has 0 aromatic heterocycles. The molecule has 0 aliphatic heterocycles. The van der Waals surface area contributed by atoms with Crippen molar-refractivity contribution in [3.8, 4) is 0 Å². The summed E-state index contributed by atoms with van der Waals surface area (Å²) in [5.74, 6) is -11.4. The average Bonchev–Trinajstić information content (AvgIpc) is 2.97. The number of carbonyl (C=O) groups excluding carboxylic acids is 4. The molecule has 0 aliphatic carbocycles. The number of carbonyl (C=O) groups is 8. The number of aliphatic carboxylic acids is 4. The molecule has 0 rings (SSSR count). The van der Waals surface area contributed by atoms with Crippen molar-refractivity contribution in [3.05, 3.63) is 10.4 Å². The van der Waals surface area contributed by atoms with Gasteiger partial charge in [-0.2, -0.15) is 4.91 Å². The Labute approximate surface area is 271 Å². The Morgan fingerprint density at radius 3 is 1.58 bits per heavy atom. The summed E-state index contributed by atoms with van der Waals surface area (Å²) in [4.78, 5) is 99.6. The van der Waals surface area contributed by atoms with Crippen LogP contribution in [0, 0.1) is 5.41 Å². The van der Waals surface area contributed by atoms with E-state index in [1.807, 2.05) is 5.32 Å². The van der Waals surface area contributed by atoms with E-state index in [9.17, 15) is 53.7 Å². The first-order chi connectivity index (χ1) is 22.5. The molecule has 5 atom stereocenters. The van der Waals surface area contributed by atoms with Gasteiger partial charge in [-0.1, -0.05) is 0 Å². The summed E-state index contributed by atoms with van der Waals surface area (Å²) in [5.41, 5.74) is 21.3. The van der Waals surface area contributed by atoms with Gasteiger partial charge in [0.1, 0.15) is 24.2 Å². The molecule has 0 heterocycles. The fourth-order valence-corrected chi connectivity index (χ4v) is 3.83. The average molecular weight is 689 g/mol. The molecule has 0 unspecified atom stereocenters. The monoisotopic (exact) mass is 688 g/mol. The van der Waals surface area contributed by atoms with Crippen LogP contribution in [0.1, 0.15) is 51.4 Å². The van der Waals surface area contributed by atoms with Gasteiger partial charge in [0.05, 0.1) is 31.8 Å². The van der Waals surface area contributed by atoms with Crippen LogP contribution in [0.4, 0.5) is 0 Å². The van der Waals surface area contributed by atoms with Gasteiger partial charge in [-0.3, -0.25) is 44.4 Å². The van der Waals surface area contributed by atoms with E-state index in [1.54, 1.807) is 0 Å². The number of carboxylic acids is 4. The molecule has 268 valence electrons. The van der Waals surface area contributed by atoms with E-state index in [-0.39, 0.29) is 38.8 Å². The molecule has 48 heavy (non-hydrogen) atoms. The number of rotatable bonds is 25. The Kier molecular flexibility index (Phi) is 19.8. The lowest BCUT2D eigenvalue weighted by Crippen LogP contribution is -2.59. The standard InChI is InChI=1S/C24H40N12O12/c25-11(8-16(37)38)19(43)31-12(5-3-6-29-24(26)27)20(44)33-15(10-18(41)42)22(46)34-14(9-17(39)40)21(45)32-13(23(47)48)4-1-2-7-30-36-35-28/h11-15,30H,1-10,25H2,(H,31,43)(H,32,45)(H,33,44)(H,34,46)(H,37,38)(H,39,40)(H,41,42)(H,47,48)(H4,26,27,29)/t11-,12-,13-,14-,15-/m0/s1. The second kappa shape index (κ2) is 22.6. The molecule has 0 bridgehead atoms. The number of unbranched alkanes of at least 4 members (excludes halogenated alkanes) is 1. The largest absolute Gasteiger partial charge is 0.481 e. The second-order valence-electron chi connectivity index (χ2n) is 10.1. The van der Waals surface area contributed by atoms with Crippen molar-refractivity contribution in [2.45, 2.75) is 81.6 Å². The van der Waals surface area contributed by atoms with Crippen molar-refractivity contribution in [2.75, 3.05) is 13.1 Å². The van der Waals surface area contributed by atoms with E-state index in [0.717, 1.165) is 0 Å². The Balaban J connectivity index is 5.89. The highest BCUT2D eigenvalue weighted by atomic mass is 16.4. The van der Waals surface area contributed by atoms with E-state index < -0.39 is 103 Å². The number of nitrogens with one attached hydrogen (secondary N) is 7. The van der Waals surface area contributed by atoms with Crippen molar-refractivity contribution in [2.24, 2.45) is 16.7 Å². The van der Waals surface area contributed by atoms with Gasteiger partial charge in [-0.15, -0.1) is 5.53 Å². The maximum Gasteiger partial charge on any atom is 0.326 e. The molecule has 0 radical (unpaired) electrons. The maximum absolute atomic E-state index is 13.1. The summed E-state index contributed by atoms with van der Waals surface area (Å²) in [6.45, 7) is 0.221. The Bertz CT molecular complexity index is 1240. The van der Waals surface area contributed by atoms with Gasteiger partial charge in [-0.05, 0) is 37.3 Å². The van der Waals surface area contributed by atoms with Crippen molar-refractivity contribution in [1.82, 2.24) is 32.0 Å². The van der Waals surface area contributed by atoms with Crippen LogP contribution in [-0.2, 0) is 38.4 Å². The lowest BCUT2D eigenvalue weighted by molar-refractivity contribution is -0.145. The predicted molar refractivity (Wildman–Crippen MR) is 160 cm³/mol. The van der Waals surface area contributed by atoms with Crippen LogP contribution in [-0.4, -0.2) is 117 Å². The van der Waals surface area contributed by atoms with Gasteiger partial charge < -0.3 is 58.5 Å². The van der Waals surface area contributed by atoms with E-state index in [0.29, 0.717) is 6.42 Å². The molecule has 0 aromatic rings. The van der Waals surface area contributed by atoms with Crippen LogP contribution in [0.15, 0.2) is 5.22 Å². The summed E-state index contributed by atoms with van der Waals surface area (Å²) in [7, 11) is 0. The third kappa shape index (κ3) is 18.8. The first-order valence-corrected chi connectivity index (χ1v) is 14.2. The predicted octanol–water partition coefficient (Wildman–Crippen LogP) is -3.99. The topological polar surface area (TPSA) is 414 Å². The lowest BCUT2D eigenvalue weighted by Gasteiger charge is -2.25. The number of hydrogen-bond donors (Lipinski definition) is 13. The van der Waals surface area contributed by atoms with Gasteiger partial charge in [-0.25, -0.2) is 4.79 Å². The molecule has 24 nitrogen and oxygen atoms in total. The highest BCUT2D eigenvalue weighted by Crippen LogP contribution is 2.06. The number of nitrogens with zero attached hydrogens (tertiary/aromatic N) is 3. The number of nitrogens with two attached hydrogens (primary N) is 2. The van der Waals surface area contributed by atoms with Crippen LogP contribution < -0.4 is 43.5 Å². The van der Waals surface area contributed by atoms with Crippen LogP contribution in [0.5, 0.6) is 0 Å². The third-order valence-corrected chi connectivity index (χ3v) is 6.13. The second-order valence-corrected chi connectivity index (χ2v) is 10.1. The van der Waals surface area contributed by atoms with Gasteiger partial charge in [0.15, 0.2) is 5.96 Å². The molecular weight excluding hydrogens is 648 g/mol. The zero-order chi connectivity index (χ0) is 36.8. The summed E-state index contributed by atoms with van der Waals surface area (Å²) >= 11 is 0. The van der Waals surface area contributed by atoms with Gasteiger partial charge in [0.2, 0.25) is 23.6 Å².